The van der Waals surface area contributed by atoms with Crippen LogP contribution in [0.2, 0.25) is 0 Å². The van der Waals surface area contributed by atoms with Crippen LogP contribution in [0.1, 0.15) is 59.3 Å². The van der Waals surface area contributed by atoms with Gasteiger partial charge in [-0.25, -0.2) is 0 Å². The van der Waals surface area contributed by atoms with Crippen LogP contribution in [-0.2, 0) is 0 Å². The van der Waals surface area contributed by atoms with Crippen molar-refractivity contribution < 1.29 is 5.11 Å². The van der Waals surface area contributed by atoms with Crippen LogP contribution < -0.4 is 0 Å². The van der Waals surface area contributed by atoms with Gasteiger partial charge in [0.15, 0.2) is 0 Å². The SMILES string of the molecule is CC1(C)C[C@H]2[C@H]1CC[C@@H](O)[C@@H]1CC[C@@]2(C)C1. The first-order valence-electron chi connectivity index (χ1n) is 7.10. The van der Waals surface area contributed by atoms with Gasteiger partial charge in [-0.2, -0.15) is 0 Å². The molecular weight excluding hydrogens is 196 g/mol. The van der Waals surface area contributed by atoms with E-state index in [0.29, 0.717) is 16.7 Å². The number of hydrogen-bond acceptors (Lipinski definition) is 1. The molecule has 0 heterocycles. The Labute approximate surface area is 99.6 Å². The van der Waals surface area contributed by atoms with Crippen LogP contribution in [0.5, 0.6) is 0 Å². The molecule has 92 valence electrons. The maximum atomic E-state index is 10.2. The highest BCUT2D eigenvalue weighted by atomic mass is 16.3. The summed E-state index contributed by atoms with van der Waals surface area (Å²) < 4.78 is 0. The summed E-state index contributed by atoms with van der Waals surface area (Å²) in [6, 6.07) is 0. The molecule has 0 radical (unpaired) electrons. The summed E-state index contributed by atoms with van der Waals surface area (Å²) in [7, 11) is 0. The monoisotopic (exact) mass is 222 g/mol. The number of aliphatic hydroxyl groups excluding tert-OH is 1. The van der Waals surface area contributed by atoms with Crippen molar-refractivity contribution in [3.05, 3.63) is 0 Å². The lowest BCUT2D eigenvalue weighted by Gasteiger charge is -2.59. The molecule has 0 aromatic heterocycles. The fourth-order valence-electron chi connectivity index (χ4n) is 5.14. The molecule has 16 heavy (non-hydrogen) atoms. The molecule has 3 fully saturated rings. The summed E-state index contributed by atoms with van der Waals surface area (Å²) in [5, 5.41) is 10.2. The lowest BCUT2D eigenvalue weighted by Crippen LogP contribution is -2.51. The smallest absolute Gasteiger partial charge is 0.0568 e. The van der Waals surface area contributed by atoms with Gasteiger partial charge in [0.2, 0.25) is 0 Å². The van der Waals surface area contributed by atoms with Crippen molar-refractivity contribution in [1.82, 2.24) is 0 Å². The first-order chi connectivity index (χ1) is 7.42. The number of fused-ring (bicyclic) bond motifs is 4. The average Bonchev–Trinajstić information content (AvgIpc) is 2.58. The zero-order valence-electron chi connectivity index (χ0n) is 11.0. The first kappa shape index (κ1) is 11.1. The van der Waals surface area contributed by atoms with E-state index in [-0.39, 0.29) is 6.10 Å². The second-order valence-corrected chi connectivity index (χ2v) is 7.71. The third kappa shape index (κ3) is 1.40. The summed E-state index contributed by atoms with van der Waals surface area (Å²) >= 11 is 0. The molecule has 0 saturated heterocycles. The summed E-state index contributed by atoms with van der Waals surface area (Å²) in [6.07, 6.45) is 7.70. The molecule has 3 aliphatic carbocycles. The summed E-state index contributed by atoms with van der Waals surface area (Å²) in [5.74, 6) is 2.46. The minimum atomic E-state index is -0.000764. The highest BCUT2D eigenvalue weighted by molar-refractivity contribution is 5.07. The molecule has 1 nitrogen and oxygen atoms in total. The topological polar surface area (TPSA) is 20.2 Å². The summed E-state index contributed by atoms with van der Waals surface area (Å²) in [6.45, 7) is 7.36. The zero-order chi connectivity index (χ0) is 11.6. The quantitative estimate of drug-likeness (QED) is 0.664. The van der Waals surface area contributed by atoms with Crippen LogP contribution in [0.4, 0.5) is 0 Å². The molecule has 0 aromatic rings. The normalized spacial score (nSPS) is 54.8. The van der Waals surface area contributed by atoms with Gasteiger partial charge in [0, 0.05) is 0 Å². The minimum Gasteiger partial charge on any atom is -0.393 e. The molecule has 2 bridgehead atoms. The highest BCUT2D eigenvalue weighted by Crippen LogP contribution is 2.65. The van der Waals surface area contributed by atoms with Gasteiger partial charge < -0.3 is 5.11 Å². The van der Waals surface area contributed by atoms with Gasteiger partial charge in [-0.05, 0) is 67.1 Å². The van der Waals surface area contributed by atoms with E-state index in [1.165, 1.54) is 32.1 Å². The molecule has 0 unspecified atom stereocenters. The molecule has 0 amide bonds. The fourth-order valence-corrected chi connectivity index (χ4v) is 5.14. The van der Waals surface area contributed by atoms with Crippen molar-refractivity contribution in [1.29, 1.82) is 0 Å². The van der Waals surface area contributed by atoms with Crippen LogP contribution in [0.3, 0.4) is 0 Å². The number of aliphatic hydroxyl groups is 1. The van der Waals surface area contributed by atoms with Crippen LogP contribution >= 0.6 is 0 Å². The van der Waals surface area contributed by atoms with Crippen LogP contribution in [0.25, 0.3) is 0 Å². The molecule has 3 rings (SSSR count). The molecule has 3 saturated carbocycles. The van der Waals surface area contributed by atoms with Gasteiger partial charge in [0.05, 0.1) is 6.10 Å². The molecule has 3 aliphatic rings. The molecular formula is C15H26O. The fraction of sp³-hybridized carbons (Fsp3) is 1.00. The molecule has 1 heteroatoms. The molecule has 1 N–H and O–H groups in total. The van der Waals surface area contributed by atoms with Crippen LogP contribution in [0.15, 0.2) is 0 Å². The van der Waals surface area contributed by atoms with Gasteiger partial charge in [0.25, 0.3) is 0 Å². The second-order valence-electron chi connectivity index (χ2n) is 7.71. The van der Waals surface area contributed by atoms with Crippen molar-refractivity contribution in [2.45, 2.75) is 65.4 Å². The maximum Gasteiger partial charge on any atom is 0.0568 e. The van der Waals surface area contributed by atoms with Gasteiger partial charge in [0.1, 0.15) is 0 Å². The van der Waals surface area contributed by atoms with Gasteiger partial charge >= 0.3 is 0 Å². The van der Waals surface area contributed by atoms with Crippen molar-refractivity contribution in [3.63, 3.8) is 0 Å². The summed E-state index contributed by atoms with van der Waals surface area (Å²) in [5.41, 5.74) is 1.11. The number of rotatable bonds is 0. The Morgan fingerprint density at radius 2 is 1.69 bits per heavy atom. The van der Waals surface area contributed by atoms with Crippen LogP contribution in [0, 0.1) is 28.6 Å². The Balaban J connectivity index is 1.87. The molecule has 0 spiro atoms. The van der Waals surface area contributed by atoms with Crippen molar-refractivity contribution in [3.8, 4) is 0 Å². The van der Waals surface area contributed by atoms with E-state index in [2.05, 4.69) is 20.8 Å². The van der Waals surface area contributed by atoms with E-state index >= 15 is 0 Å². The predicted octanol–water partition coefficient (Wildman–Crippen LogP) is 3.61. The maximum absolute atomic E-state index is 10.2. The Morgan fingerprint density at radius 3 is 2.38 bits per heavy atom. The standard InChI is InChI=1S/C15H26O/c1-14(2)9-12-11(14)4-5-13(16)10-6-7-15(12,3)8-10/h10-13,16H,4-9H2,1-3H3/t10-,11-,12+,13-,15+/m1/s1. The van der Waals surface area contributed by atoms with E-state index in [1.807, 2.05) is 0 Å². The van der Waals surface area contributed by atoms with Crippen molar-refractivity contribution in [2.24, 2.45) is 28.6 Å². The van der Waals surface area contributed by atoms with E-state index in [0.717, 1.165) is 18.3 Å². The highest BCUT2D eigenvalue weighted by Gasteiger charge is 2.57. The van der Waals surface area contributed by atoms with Crippen LogP contribution in [-0.4, -0.2) is 11.2 Å². The van der Waals surface area contributed by atoms with Gasteiger partial charge in [-0.15, -0.1) is 0 Å². The Hall–Kier alpha value is -0.0400. The molecule has 0 aliphatic heterocycles. The second kappa shape index (κ2) is 3.25. The third-order valence-electron chi connectivity index (χ3n) is 6.26. The largest absolute Gasteiger partial charge is 0.393 e. The minimum absolute atomic E-state index is 0.000764. The third-order valence-corrected chi connectivity index (χ3v) is 6.26. The zero-order valence-corrected chi connectivity index (χ0v) is 11.0. The summed E-state index contributed by atoms with van der Waals surface area (Å²) in [4.78, 5) is 0. The Bertz CT molecular complexity index is 296. The van der Waals surface area contributed by atoms with E-state index in [1.54, 1.807) is 0 Å². The van der Waals surface area contributed by atoms with Crippen molar-refractivity contribution >= 4 is 0 Å². The van der Waals surface area contributed by atoms with Gasteiger partial charge in [-0.1, -0.05) is 20.8 Å². The van der Waals surface area contributed by atoms with E-state index in [4.69, 9.17) is 0 Å². The molecule has 0 aromatic carbocycles. The van der Waals surface area contributed by atoms with Crippen molar-refractivity contribution in [2.75, 3.05) is 0 Å². The van der Waals surface area contributed by atoms with Gasteiger partial charge in [-0.3, -0.25) is 0 Å². The van der Waals surface area contributed by atoms with E-state index < -0.39 is 0 Å². The average molecular weight is 222 g/mol. The molecule has 5 atom stereocenters. The number of hydrogen-bond donors (Lipinski definition) is 1. The first-order valence-corrected chi connectivity index (χ1v) is 7.10. The van der Waals surface area contributed by atoms with E-state index in [9.17, 15) is 5.11 Å². The Morgan fingerprint density at radius 1 is 0.938 bits per heavy atom. The lowest BCUT2D eigenvalue weighted by molar-refractivity contribution is -0.105. The Kier molecular flexibility index (Phi) is 2.25. The predicted molar refractivity (Wildman–Crippen MR) is 66.1 cm³/mol. The lowest BCUT2D eigenvalue weighted by atomic mass is 9.46.